The van der Waals surface area contributed by atoms with Gasteiger partial charge in [-0.05, 0) is 41.1 Å². The molecule has 0 aromatic carbocycles. The summed E-state index contributed by atoms with van der Waals surface area (Å²) in [7, 11) is 0. The monoisotopic (exact) mass is 327 g/mol. The summed E-state index contributed by atoms with van der Waals surface area (Å²) in [5.41, 5.74) is -0.0150. The number of hydrogen-bond acceptors (Lipinski definition) is 5. The van der Waals surface area contributed by atoms with Crippen molar-refractivity contribution in [3.8, 4) is 0 Å². The van der Waals surface area contributed by atoms with Crippen LogP contribution in [0.4, 0.5) is 11.5 Å². The van der Waals surface area contributed by atoms with E-state index >= 15 is 0 Å². The molecule has 2 aliphatic rings. The molecule has 2 heterocycles. The second kappa shape index (κ2) is 5.05. The normalized spacial score (nSPS) is 26.4. The summed E-state index contributed by atoms with van der Waals surface area (Å²) >= 11 is 3.33. The van der Waals surface area contributed by atoms with Crippen molar-refractivity contribution < 1.29 is 9.66 Å². The number of ether oxygens (including phenoxy) is 1. The lowest BCUT2D eigenvalue weighted by molar-refractivity contribution is -0.385. The van der Waals surface area contributed by atoms with Gasteiger partial charge in [0.25, 0.3) is 5.69 Å². The van der Waals surface area contributed by atoms with Gasteiger partial charge in [0.2, 0.25) is 0 Å². The maximum atomic E-state index is 10.7. The van der Waals surface area contributed by atoms with Crippen molar-refractivity contribution >= 4 is 27.4 Å². The number of nitrogens with zero attached hydrogens (tertiary/aromatic N) is 2. The van der Waals surface area contributed by atoms with Crippen LogP contribution in [0, 0.1) is 16.0 Å². The Morgan fingerprint density at radius 3 is 2.89 bits per heavy atom. The van der Waals surface area contributed by atoms with Crippen LogP contribution < -0.4 is 5.32 Å². The van der Waals surface area contributed by atoms with Gasteiger partial charge < -0.3 is 10.1 Å². The number of aromatic nitrogens is 1. The molecule has 1 aliphatic heterocycles. The van der Waals surface area contributed by atoms with Gasteiger partial charge in [-0.1, -0.05) is 0 Å². The Balaban J connectivity index is 1.73. The molecule has 19 heavy (non-hydrogen) atoms. The Morgan fingerprint density at radius 2 is 2.26 bits per heavy atom. The minimum absolute atomic E-state index is 0.0150. The first kappa shape index (κ1) is 12.8. The fourth-order valence-electron chi connectivity index (χ4n) is 2.46. The predicted molar refractivity (Wildman–Crippen MR) is 73.1 cm³/mol. The summed E-state index contributed by atoms with van der Waals surface area (Å²) in [5.74, 6) is 1.31. The third-order valence-electron chi connectivity index (χ3n) is 3.58. The van der Waals surface area contributed by atoms with E-state index in [4.69, 9.17) is 4.74 Å². The minimum atomic E-state index is -0.451. The molecule has 0 amide bonds. The van der Waals surface area contributed by atoms with E-state index in [1.165, 1.54) is 25.1 Å². The van der Waals surface area contributed by atoms with Crippen LogP contribution in [0.2, 0.25) is 0 Å². The molecule has 6 nitrogen and oxygen atoms in total. The number of anilines is 1. The first-order valence-electron chi connectivity index (χ1n) is 6.33. The third-order valence-corrected chi connectivity index (χ3v) is 4.19. The molecule has 1 saturated heterocycles. The summed E-state index contributed by atoms with van der Waals surface area (Å²) in [6, 6.07) is 1.72. The van der Waals surface area contributed by atoms with Crippen LogP contribution in [-0.4, -0.2) is 28.7 Å². The summed E-state index contributed by atoms with van der Waals surface area (Å²) in [6.45, 7) is 0.767. The van der Waals surface area contributed by atoms with Gasteiger partial charge in [-0.15, -0.1) is 0 Å². The van der Waals surface area contributed by atoms with E-state index in [0.717, 1.165) is 13.0 Å². The first-order valence-corrected chi connectivity index (χ1v) is 7.12. The second-order valence-electron chi connectivity index (χ2n) is 4.99. The van der Waals surface area contributed by atoms with Crippen LogP contribution in [0.1, 0.15) is 19.3 Å². The zero-order valence-corrected chi connectivity index (χ0v) is 11.8. The molecule has 1 aromatic heterocycles. The summed E-state index contributed by atoms with van der Waals surface area (Å²) in [6.07, 6.45) is 4.94. The van der Waals surface area contributed by atoms with Crippen molar-refractivity contribution in [3.05, 3.63) is 26.9 Å². The van der Waals surface area contributed by atoms with E-state index < -0.39 is 4.92 Å². The van der Waals surface area contributed by atoms with Crippen molar-refractivity contribution in [2.75, 3.05) is 11.9 Å². The SMILES string of the molecule is O=[N+]([O-])c1cnc(NC2CCOC2C2CC2)c(Br)c1. The third kappa shape index (κ3) is 2.71. The smallest absolute Gasteiger partial charge is 0.288 e. The number of rotatable bonds is 4. The van der Waals surface area contributed by atoms with E-state index in [-0.39, 0.29) is 17.8 Å². The molecule has 0 bridgehead atoms. The number of nitrogens with one attached hydrogen (secondary N) is 1. The van der Waals surface area contributed by atoms with Gasteiger partial charge in [0.1, 0.15) is 12.0 Å². The molecule has 2 unspecified atom stereocenters. The fourth-order valence-corrected chi connectivity index (χ4v) is 2.92. The molecule has 102 valence electrons. The Kier molecular flexibility index (Phi) is 3.40. The topological polar surface area (TPSA) is 77.3 Å². The fraction of sp³-hybridized carbons (Fsp3) is 0.583. The molecule has 0 spiro atoms. The Labute approximate surface area is 118 Å². The van der Waals surface area contributed by atoms with Gasteiger partial charge in [-0.2, -0.15) is 0 Å². The van der Waals surface area contributed by atoms with E-state index in [1.54, 1.807) is 0 Å². The van der Waals surface area contributed by atoms with Crippen LogP contribution in [0.3, 0.4) is 0 Å². The molecule has 0 radical (unpaired) electrons. The van der Waals surface area contributed by atoms with Crippen LogP contribution in [0.25, 0.3) is 0 Å². The average Bonchev–Trinajstić information content (AvgIpc) is 3.12. The molecule has 7 heteroatoms. The van der Waals surface area contributed by atoms with Crippen LogP contribution in [-0.2, 0) is 4.74 Å². The van der Waals surface area contributed by atoms with Gasteiger partial charge in [0.15, 0.2) is 0 Å². The lowest BCUT2D eigenvalue weighted by Gasteiger charge is -2.20. The maximum Gasteiger partial charge on any atom is 0.288 e. The van der Waals surface area contributed by atoms with Crippen molar-refractivity contribution in [1.82, 2.24) is 4.98 Å². The van der Waals surface area contributed by atoms with Crippen LogP contribution in [0.5, 0.6) is 0 Å². The number of halogens is 1. The molecule has 2 atom stereocenters. The first-order chi connectivity index (χ1) is 9.15. The van der Waals surface area contributed by atoms with Crippen LogP contribution >= 0.6 is 15.9 Å². The van der Waals surface area contributed by atoms with Gasteiger partial charge in [-0.3, -0.25) is 10.1 Å². The Morgan fingerprint density at radius 1 is 1.47 bits per heavy atom. The number of nitro groups is 1. The molecular weight excluding hydrogens is 314 g/mol. The predicted octanol–water partition coefficient (Wildman–Crippen LogP) is 2.73. The highest BCUT2D eigenvalue weighted by atomic mass is 79.9. The zero-order chi connectivity index (χ0) is 13.4. The molecule has 1 saturated carbocycles. The maximum absolute atomic E-state index is 10.7. The van der Waals surface area contributed by atoms with Crippen molar-refractivity contribution in [3.63, 3.8) is 0 Å². The van der Waals surface area contributed by atoms with E-state index in [1.807, 2.05) is 0 Å². The van der Waals surface area contributed by atoms with E-state index in [2.05, 4.69) is 26.2 Å². The molecule has 1 N–H and O–H groups in total. The molecule has 1 aromatic rings. The largest absolute Gasteiger partial charge is 0.376 e. The highest BCUT2D eigenvalue weighted by Gasteiger charge is 2.40. The minimum Gasteiger partial charge on any atom is -0.376 e. The van der Waals surface area contributed by atoms with Gasteiger partial charge in [-0.25, -0.2) is 4.98 Å². The quantitative estimate of drug-likeness (QED) is 0.679. The Hall–Kier alpha value is -1.21. The average molecular weight is 328 g/mol. The standard InChI is InChI=1S/C12H14BrN3O3/c13-9-5-8(16(17)18)6-14-12(9)15-10-3-4-19-11(10)7-1-2-7/h5-7,10-11H,1-4H2,(H,14,15). The summed E-state index contributed by atoms with van der Waals surface area (Å²) < 4.78 is 6.36. The van der Waals surface area contributed by atoms with Crippen LogP contribution in [0.15, 0.2) is 16.7 Å². The number of hydrogen-bond donors (Lipinski definition) is 1. The van der Waals surface area contributed by atoms with Gasteiger partial charge in [0.05, 0.1) is 21.5 Å². The second-order valence-corrected chi connectivity index (χ2v) is 5.85. The van der Waals surface area contributed by atoms with E-state index in [0.29, 0.717) is 16.2 Å². The van der Waals surface area contributed by atoms with Crippen molar-refractivity contribution in [2.24, 2.45) is 5.92 Å². The molecule has 1 aliphatic carbocycles. The molecule has 2 fully saturated rings. The van der Waals surface area contributed by atoms with Crippen molar-refractivity contribution in [1.29, 1.82) is 0 Å². The lowest BCUT2D eigenvalue weighted by Crippen LogP contribution is -2.31. The zero-order valence-electron chi connectivity index (χ0n) is 10.2. The summed E-state index contributed by atoms with van der Waals surface area (Å²) in [4.78, 5) is 14.3. The summed E-state index contributed by atoms with van der Waals surface area (Å²) in [5, 5.41) is 14.0. The highest BCUT2D eigenvalue weighted by molar-refractivity contribution is 9.10. The van der Waals surface area contributed by atoms with Gasteiger partial charge >= 0.3 is 0 Å². The van der Waals surface area contributed by atoms with Crippen molar-refractivity contribution in [2.45, 2.75) is 31.4 Å². The lowest BCUT2D eigenvalue weighted by atomic mass is 10.1. The van der Waals surface area contributed by atoms with Gasteiger partial charge in [0, 0.05) is 12.7 Å². The highest BCUT2D eigenvalue weighted by Crippen LogP contribution is 2.40. The van der Waals surface area contributed by atoms with E-state index in [9.17, 15) is 10.1 Å². The Bertz CT molecular complexity index is 507. The molecule has 3 rings (SSSR count). The number of pyridine rings is 1. The molecular formula is C12H14BrN3O3.